The first-order chi connectivity index (χ1) is 11.1. The Labute approximate surface area is 139 Å². The molecule has 0 spiro atoms. The number of nitrogens with zero attached hydrogens (tertiary/aromatic N) is 1. The second-order valence-corrected chi connectivity index (χ2v) is 6.60. The Balaban J connectivity index is 1.74. The van der Waals surface area contributed by atoms with Crippen LogP contribution in [0, 0.1) is 6.92 Å². The topological polar surface area (TPSA) is 63.4 Å². The van der Waals surface area contributed by atoms with Crippen molar-refractivity contribution in [3.05, 3.63) is 35.4 Å². The lowest BCUT2D eigenvalue weighted by molar-refractivity contribution is -0.136. The van der Waals surface area contributed by atoms with Crippen LogP contribution in [0.5, 0.6) is 0 Å². The van der Waals surface area contributed by atoms with E-state index in [4.69, 9.17) is 5.73 Å². The second kappa shape index (κ2) is 8.70. The quantitative estimate of drug-likeness (QED) is 0.786. The Bertz CT molecular complexity index is 525. The minimum absolute atomic E-state index is 0.0193. The summed E-state index contributed by atoms with van der Waals surface area (Å²) in [6, 6.07) is 8.59. The summed E-state index contributed by atoms with van der Waals surface area (Å²) in [6.45, 7) is 2.86. The Morgan fingerprint density at radius 1 is 1.17 bits per heavy atom. The van der Waals surface area contributed by atoms with Crippen LogP contribution in [0.4, 0.5) is 0 Å². The smallest absolute Gasteiger partial charge is 0.222 e. The van der Waals surface area contributed by atoms with Gasteiger partial charge < -0.3 is 10.6 Å². The summed E-state index contributed by atoms with van der Waals surface area (Å²) in [5.41, 5.74) is 7.90. The molecule has 126 valence electrons. The van der Waals surface area contributed by atoms with Gasteiger partial charge in [-0.1, -0.05) is 29.8 Å². The van der Waals surface area contributed by atoms with Gasteiger partial charge in [0.25, 0.3) is 0 Å². The van der Waals surface area contributed by atoms with Gasteiger partial charge in [-0.25, -0.2) is 0 Å². The molecule has 1 fully saturated rings. The average Bonchev–Trinajstić information content (AvgIpc) is 2.53. The number of piperidine rings is 1. The van der Waals surface area contributed by atoms with Crippen LogP contribution in [0.3, 0.4) is 0 Å². The third-order valence-corrected chi connectivity index (χ3v) is 4.61. The van der Waals surface area contributed by atoms with Gasteiger partial charge >= 0.3 is 0 Å². The number of carbonyl (C=O) groups excluding carboxylic acids is 2. The summed E-state index contributed by atoms with van der Waals surface area (Å²) < 4.78 is 0. The highest BCUT2D eigenvalue weighted by atomic mass is 16.2. The number of unbranched alkanes of at least 4 members (excludes halogenated alkanes) is 1. The summed E-state index contributed by atoms with van der Waals surface area (Å²) >= 11 is 0. The molecule has 1 aromatic rings. The van der Waals surface area contributed by atoms with Crippen molar-refractivity contribution in [3.63, 3.8) is 0 Å². The molecule has 0 aromatic heterocycles. The molecular weight excluding hydrogens is 288 g/mol. The van der Waals surface area contributed by atoms with E-state index in [1.165, 1.54) is 11.1 Å². The largest absolute Gasteiger partial charge is 0.370 e. The van der Waals surface area contributed by atoms with E-state index < -0.39 is 0 Å². The maximum atomic E-state index is 12.4. The third kappa shape index (κ3) is 5.70. The predicted octanol–water partition coefficient (Wildman–Crippen LogP) is 2.96. The van der Waals surface area contributed by atoms with Crippen molar-refractivity contribution < 1.29 is 9.59 Å². The standard InChI is InChI=1S/C19H28N2O2/c1-15-9-11-16(12-10-15)6-2-3-8-19(23)21-13-5-4-7-17(21)14-18(20)22/h9-12,17H,2-8,13-14H2,1H3,(H2,20,22). The van der Waals surface area contributed by atoms with Crippen molar-refractivity contribution in [1.29, 1.82) is 0 Å². The Kier molecular flexibility index (Phi) is 6.63. The molecule has 0 aliphatic carbocycles. The van der Waals surface area contributed by atoms with Crippen molar-refractivity contribution in [3.8, 4) is 0 Å². The maximum Gasteiger partial charge on any atom is 0.222 e. The molecule has 1 aromatic carbocycles. The Hall–Kier alpha value is -1.84. The van der Waals surface area contributed by atoms with Gasteiger partial charge in [0, 0.05) is 25.4 Å². The number of aryl methyl sites for hydroxylation is 2. The van der Waals surface area contributed by atoms with Gasteiger partial charge in [0.15, 0.2) is 0 Å². The van der Waals surface area contributed by atoms with Crippen LogP contribution in [0.15, 0.2) is 24.3 Å². The molecule has 1 saturated heterocycles. The number of benzene rings is 1. The van der Waals surface area contributed by atoms with Crippen molar-refractivity contribution >= 4 is 11.8 Å². The molecule has 0 radical (unpaired) electrons. The fourth-order valence-electron chi connectivity index (χ4n) is 3.28. The van der Waals surface area contributed by atoms with Crippen LogP contribution in [-0.4, -0.2) is 29.3 Å². The van der Waals surface area contributed by atoms with Gasteiger partial charge in [-0.2, -0.15) is 0 Å². The van der Waals surface area contributed by atoms with E-state index in [0.29, 0.717) is 12.8 Å². The van der Waals surface area contributed by atoms with Crippen molar-refractivity contribution in [2.24, 2.45) is 5.73 Å². The van der Waals surface area contributed by atoms with Crippen LogP contribution in [0.25, 0.3) is 0 Å². The van der Waals surface area contributed by atoms with Gasteiger partial charge in [0.05, 0.1) is 0 Å². The fraction of sp³-hybridized carbons (Fsp3) is 0.579. The lowest BCUT2D eigenvalue weighted by atomic mass is 9.98. The molecule has 0 bridgehead atoms. The number of primary amides is 1. The zero-order valence-corrected chi connectivity index (χ0v) is 14.1. The fourth-order valence-corrected chi connectivity index (χ4v) is 3.28. The average molecular weight is 316 g/mol. The van der Waals surface area contributed by atoms with E-state index in [1.54, 1.807) is 0 Å². The molecule has 23 heavy (non-hydrogen) atoms. The minimum atomic E-state index is -0.311. The van der Waals surface area contributed by atoms with Gasteiger partial charge in [-0.15, -0.1) is 0 Å². The molecule has 1 atom stereocenters. The van der Waals surface area contributed by atoms with Gasteiger partial charge in [-0.3, -0.25) is 9.59 Å². The minimum Gasteiger partial charge on any atom is -0.370 e. The number of carbonyl (C=O) groups is 2. The monoisotopic (exact) mass is 316 g/mol. The van der Waals surface area contributed by atoms with Gasteiger partial charge in [0.1, 0.15) is 0 Å². The summed E-state index contributed by atoms with van der Waals surface area (Å²) in [4.78, 5) is 25.5. The molecular formula is C19H28N2O2. The van der Waals surface area contributed by atoms with Crippen molar-refractivity contribution in [2.75, 3.05) is 6.54 Å². The molecule has 0 saturated carbocycles. The lowest BCUT2D eigenvalue weighted by Crippen LogP contribution is -2.45. The highest BCUT2D eigenvalue weighted by molar-refractivity contribution is 5.79. The van der Waals surface area contributed by atoms with E-state index in [2.05, 4.69) is 31.2 Å². The molecule has 2 N–H and O–H groups in total. The lowest BCUT2D eigenvalue weighted by Gasteiger charge is -2.35. The Morgan fingerprint density at radius 3 is 2.61 bits per heavy atom. The number of hydrogen-bond acceptors (Lipinski definition) is 2. The Morgan fingerprint density at radius 2 is 1.91 bits per heavy atom. The van der Waals surface area contributed by atoms with Crippen molar-refractivity contribution in [2.45, 2.75) is 64.3 Å². The molecule has 1 unspecified atom stereocenters. The van der Waals surface area contributed by atoms with E-state index in [-0.39, 0.29) is 17.9 Å². The molecule has 4 heteroatoms. The molecule has 1 heterocycles. The summed E-state index contributed by atoms with van der Waals surface area (Å²) in [6.07, 6.45) is 6.81. The van der Waals surface area contributed by atoms with E-state index in [0.717, 1.165) is 45.1 Å². The number of nitrogens with two attached hydrogens (primary N) is 1. The third-order valence-electron chi connectivity index (χ3n) is 4.61. The first-order valence-corrected chi connectivity index (χ1v) is 8.69. The maximum absolute atomic E-state index is 12.4. The number of likely N-dealkylation sites (tertiary alicyclic amines) is 1. The molecule has 2 rings (SSSR count). The SMILES string of the molecule is Cc1ccc(CCCCC(=O)N2CCCCC2CC(N)=O)cc1. The molecule has 2 amide bonds. The molecule has 1 aliphatic heterocycles. The zero-order valence-electron chi connectivity index (χ0n) is 14.1. The number of rotatable bonds is 7. The number of amides is 2. The molecule has 1 aliphatic rings. The second-order valence-electron chi connectivity index (χ2n) is 6.60. The van der Waals surface area contributed by atoms with Crippen LogP contribution in [0.2, 0.25) is 0 Å². The molecule has 4 nitrogen and oxygen atoms in total. The highest BCUT2D eigenvalue weighted by Crippen LogP contribution is 2.21. The van der Waals surface area contributed by atoms with Crippen molar-refractivity contribution in [1.82, 2.24) is 4.90 Å². The van der Waals surface area contributed by atoms with Gasteiger partial charge in [-0.05, 0) is 51.0 Å². The first kappa shape index (κ1) is 17.5. The van der Waals surface area contributed by atoms with Crippen LogP contribution in [-0.2, 0) is 16.0 Å². The summed E-state index contributed by atoms with van der Waals surface area (Å²) in [7, 11) is 0. The van der Waals surface area contributed by atoms with E-state index in [9.17, 15) is 9.59 Å². The van der Waals surface area contributed by atoms with Crippen LogP contribution < -0.4 is 5.73 Å². The summed E-state index contributed by atoms with van der Waals surface area (Å²) in [5.74, 6) is -0.131. The van der Waals surface area contributed by atoms with Crippen LogP contribution in [0.1, 0.15) is 56.1 Å². The van der Waals surface area contributed by atoms with E-state index in [1.807, 2.05) is 4.90 Å². The number of hydrogen-bond donors (Lipinski definition) is 1. The van der Waals surface area contributed by atoms with Crippen LogP contribution >= 0.6 is 0 Å². The first-order valence-electron chi connectivity index (χ1n) is 8.69. The predicted molar refractivity (Wildman–Crippen MR) is 91.9 cm³/mol. The zero-order chi connectivity index (χ0) is 16.7. The highest BCUT2D eigenvalue weighted by Gasteiger charge is 2.27. The van der Waals surface area contributed by atoms with E-state index >= 15 is 0 Å². The summed E-state index contributed by atoms with van der Waals surface area (Å²) in [5, 5.41) is 0. The normalized spacial score (nSPS) is 18.0. The van der Waals surface area contributed by atoms with Gasteiger partial charge in [0.2, 0.25) is 11.8 Å².